The number of nitrogens with two attached hydrogens (primary N) is 1. The van der Waals surface area contributed by atoms with Gasteiger partial charge in [-0.25, -0.2) is 0 Å². The lowest BCUT2D eigenvalue weighted by Gasteiger charge is -2.27. The van der Waals surface area contributed by atoms with Crippen molar-refractivity contribution >= 4 is 0 Å². The van der Waals surface area contributed by atoms with Crippen LogP contribution >= 0.6 is 0 Å². The van der Waals surface area contributed by atoms with E-state index in [0.717, 1.165) is 16.9 Å². The third kappa shape index (κ3) is 2.15. The molecule has 0 aliphatic rings. The molecular formula is C14H16N2O. The average molecular weight is 228 g/mol. The zero-order valence-electron chi connectivity index (χ0n) is 10.1. The van der Waals surface area contributed by atoms with E-state index in [-0.39, 0.29) is 0 Å². The summed E-state index contributed by atoms with van der Waals surface area (Å²) >= 11 is 0. The highest BCUT2D eigenvalue weighted by molar-refractivity contribution is 5.43. The van der Waals surface area contributed by atoms with Gasteiger partial charge in [-0.05, 0) is 18.6 Å². The molecule has 2 aromatic rings. The third-order valence-electron chi connectivity index (χ3n) is 2.93. The SMILES string of the molecule is COc1ccncc1C(C)(N)c1ccccc1. The van der Waals surface area contributed by atoms with Gasteiger partial charge < -0.3 is 10.5 Å². The number of methoxy groups -OCH3 is 1. The van der Waals surface area contributed by atoms with Gasteiger partial charge in [0.2, 0.25) is 0 Å². The van der Waals surface area contributed by atoms with Crippen molar-refractivity contribution in [1.82, 2.24) is 4.98 Å². The Morgan fingerprint density at radius 1 is 1.18 bits per heavy atom. The molecule has 2 N–H and O–H groups in total. The van der Waals surface area contributed by atoms with Crippen molar-refractivity contribution in [3.05, 3.63) is 59.9 Å². The highest BCUT2D eigenvalue weighted by atomic mass is 16.5. The summed E-state index contributed by atoms with van der Waals surface area (Å²) in [5.74, 6) is 0.758. The summed E-state index contributed by atoms with van der Waals surface area (Å²) in [4.78, 5) is 4.13. The van der Waals surface area contributed by atoms with E-state index in [1.54, 1.807) is 19.5 Å². The number of pyridine rings is 1. The predicted molar refractivity (Wildman–Crippen MR) is 67.9 cm³/mol. The van der Waals surface area contributed by atoms with E-state index in [9.17, 15) is 0 Å². The lowest BCUT2D eigenvalue weighted by atomic mass is 9.86. The van der Waals surface area contributed by atoms with Gasteiger partial charge in [0, 0.05) is 18.0 Å². The smallest absolute Gasteiger partial charge is 0.127 e. The Morgan fingerprint density at radius 2 is 1.88 bits per heavy atom. The van der Waals surface area contributed by atoms with Crippen molar-refractivity contribution in [2.75, 3.05) is 7.11 Å². The van der Waals surface area contributed by atoms with Gasteiger partial charge in [0.25, 0.3) is 0 Å². The van der Waals surface area contributed by atoms with Crippen LogP contribution in [0.3, 0.4) is 0 Å². The minimum atomic E-state index is -0.610. The fraction of sp³-hybridized carbons (Fsp3) is 0.214. The topological polar surface area (TPSA) is 48.1 Å². The summed E-state index contributed by atoms with van der Waals surface area (Å²) in [6.07, 6.45) is 3.45. The highest BCUT2D eigenvalue weighted by Gasteiger charge is 2.27. The van der Waals surface area contributed by atoms with Gasteiger partial charge in [0.1, 0.15) is 5.75 Å². The summed E-state index contributed by atoms with van der Waals surface area (Å²) < 4.78 is 5.33. The van der Waals surface area contributed by atoms with E-state index in [0.29, 0.717) is 0 Å². The fourth-order valence-corrected chi connectivity index (χ4v) is 1.89. The first-order valence-corrected chi connectivity index (χ1v) is 5.49. The van der Waals surface area contributed by atoms with Gasteiger partial charge in [-0.3, -0.25) is 4.98 Å². The van der Waals surface area contributed by atoms with Crippen LogP contribution in [-0.2, 0) is 5.54 Å². The first kappa shape index (κ1) is 11.6. The molecule has 0 radical (unpaired) electrons. The molecule has 3 heteroatoms. The van der Waals surface area contributed by atoms with Crippen LogP contribution in [0.25, 0.3) is 0 Å². The molecule has 1 aromatic heterocycles. The fourth-order valence-electron chi connectivity index (χ4n) is 1.89. The second kappa shape index (κ2) is 4.55. The Morgan fingerprint density at radius 3 is 2.53 bits per heavy atom. The Balaban J connectivity index is 2.51. The monoisotopic (exact) mass is 228 g/mol. The minimum Gasteiger partial charge on any atom is -0.496 e. The van der Waals surface area contributed by atoms with Gasteiger partial charge in [0.15, 0.2) is 0 Å². The predicted octanol–water partition coefficient (Wildman–Crippen LogP) is 2.31. The molecule has 0 aliphatic carbocycles. The van der Waals surface area contributed by atoms with E-state index in [4.69, 9.17) is 10.5 Å². The molecule has 88 valence electrons. The molecule has 0 saturated carbocycles. The minimum absolute atomic E-state index is 0.610. The van der Waals surface area contributed by atoms with Gasteiger partial charge in [-0.15, -0.1) is 0 Å². The van der Waals surface area contributed by atoms with Gasteiger partial charge in [-0.2, -0.15) is 0 Å². The molecule has 17 heavy (non-hydrogen) atoms. The molecule has 1 heterocycles. The third-order valence-corrected chi connectivity index (χ3v) is 2.93. The largest absolute Gasteiger partial charge is 0.496 e. The van der Waals surface area contributed by atoms with E-state index in [1.807, 2.05) is 43.3 Å². The van der Waals surface area contributed by atoms with Crippen molar-refractivity contribution in [3.63, 3.8) is 0 Å². The zero-order valence-corrected chi connectivity index (χ0v) is 10.1. The summed E-state index contributed by atoms with van der Waals surface area (Å²) in [6.45, 7) is 1.96. The van der Waals surface area contributed by atoms with Crippen molar-refractivity contribution in [3.8, 4) is 5.75 Å². The molecule has 0 saturated heterocycles. The maximum atomic E-state index is 6.42. The van der Waals surface area contributed by atoms with Crippen LogP contribution in [0.2, 0.25) is 0 Å². The molecule has 1 aromatic carbocycles. The first-order chi connectivity index (χ1) is 8.16. The number of nitrogens with zero attached hydrogens (tertiary/aromatic N) is 1. The van der Waals surface area contributed by atoms with Crippen molar-refractivity contribution < 1.29 is 4.74 Å². The van der Waals surface area contributed by atoms with E-state index in [1.165, 1.54) is 0 Å². The average Bonchev–Trinajstić information content (AvgIpc) is 2.39. The van der Waals surface area contributed by atoms with Crippen LogP contribution in [0.15, 0.2) is 48.8 Å². The van der Waals surface area contributed by atoms with Crippen molar-refractivity contribution in [2.24, 2.45) is 5.73 Å². The Labute approximate surface area is 101 Å². The summed E-state index contributed by atoms with van der Waals surface area (Å²) in [5.41, 5.74) is 7.72. The maximum absolute atomic E-state index is 6.42. The zero-order chi connectivity index (χ0) is 12.3. The Kier molecular flexibility index (Phi) is 3.11. The summed E-state index contributed by atoms with van der Waals surface area (Å²) in [5, 5.41) is 0. The number of ether oxygens (including phenoxy) is 1. The number of hydrogen-bond donors (Lipinski definition) is 1. The van der Waals surface area contributed by atoms with E-state index < -0.39 is 5.54 Å². The van der Waals surface area contributed by atoms with E-state index in [2.05, 4.69) is 4.98 Å². The van der Waals surface area contributed by atoms with E-state index >= 15 is 0 Å². The van der Waals surface area contributed by atoms with Crippen LogP contribution in [-0.4, -0.2) is 12.1 Å². The second-order valence-electron chi connectivity index (χ2n) is 4.14. The number of benzene rings is 1. The van der Waals surface area contributed by atoms with Crippen LogP contribution in [0.5, 0.6) is 5.75 Å². The quantitative estimate of drug-likeness (QED) is 0.877. The summed E-state index contributed by atoms with van der Waals surface area (Å²) in [6, 6.07) is 11.8. The van der Waals surface area contributed by atoms with Crippen LogP contribution in [0.4, 0.5) is 0 Å². The molecule has 0 fully saturated rings. The number of rotatable bonds is 3. The molecule has 1 unspecified atom stereocenters. The van der Waals surface area contributed by atoms with Crippen molar-refractivity contribution in [2.45, 2.75) is 12.5 Å². The van der Waals surface area contributed by atoms with Gasteiger partial charge in [0.05, 0.1) is 12.6 Å². The normalized spacial score (nSPS) is 14.1. The molecule has 2 rings (SSSR count). The number of hydrogen-bond acceptors (Lipinski definition) is 3. The molecule has 0 spiro atoms. The molecule has 0 aliphatic heterocycles. The van der Waals surface area contributed by atoms with Crippen LogP contribution in [0, 0.1) is 0 Å². The first-order valence-electron chi connectivity index (χ1n) is 5.49. The second-order valence-corrected chi connectivity index (χ2v) is 4.14. The Hall–Kier alpha value is -1.87. The Bertz CT molecular complexity index is 495. The van der Waals surface area contributed by atoms with Gasteiger partial charge >= 0.3 is 0 Å². The highest BCUT2D eigenvalue weighted by Crippen LogP contribution is 2.32. The molecule has 0 bridgehead atoms. The lowest BCUT2D eigenvalue weighted by molar-refractivity contribution is 0.398. The summed E-state index contributed by atoms with van der Waals surface area (Å²) in [7, 11) is 1.64. The van der Waals surface area contributed by atoms with Gasteiger partial charge in [-0.1, -0.05) is 30.3 Å². The molecule has 1 atom stereocenters. The van der Waals surface area contributed by atoms with Crippen LogP contribution in [0.1, 0.15) is 18.1 Å². The molecular weight excluding hydrogens is 212 g/mol. The van der Waals surface area contributed by atoms with Crippen molar-refractivity contribution in [1.29, 1.82) is 0 Å². The number of aromatic nitrogens is 1. The maximum Gasteiger partial charge on any atom is 0.127 e. The lowest BCUT2D eigenvalue weighted by Crippen LogP contribution is -2.34. The standard InChI is InChI=1S/C14H16N2O/c1-14(15,11-6-4-3-5-7-11)12-10-16-9-8-13(12)17-2/h3-10H,15H2,1-2H3. The van der Waals surface area contributed by atoms with Crippen LogP contribution < -0.4 is 10.5 Å². The molecule has 0 amide bonds. The molecule has 3 nitrogen and oxygen atoms in total.